The molecule has 1 aromatic carbocycles. The minimum absolute atomic E-state index is 0.318. The number of nitrogen functional groups attached to an aromatic ring is 1. The van der Waals surface area contributed by atoms with Crippen LogP contribution in [-0.2, 0) is 6.42 Å². The smallest absolute Gasteiger partial charge is 0.257 e. The van der Waals surface area contributed by atoms with E-state index in [1.807, 2.05) is 12.1 Å². The fourth-order valence-electron chi connectivity index (χ4n) is 1.79. The number of hydrogen-bond acceptors (Lipinski definition) is 5. The Kier molecular flexibility index (Phi) is 3.84. The summed E-state index contributed by atoms with van der Waals surface area (Å²) in [6, 6.07) is 8.32. The van der Waals surface area contributed by atoms with Gasteiger partial charge in [-0.25, -0.2) is 10.8 Å². The lowest BCUT2D eigenvalue weighted by Gasteiger charge is -2.06. The van der Waals surface area contributed by atoms with Crippen LogP contribution in [0.5, 0.6) is 0 Å². The second kappa shape index (κ2) is 5.55. The van der Waals surface area contributed by atoms with Crippen molar-refractivity contribution in [3.8, 4) is 11.3 Å². The van der Waals surface area contributed by atoms with Crippen molar-refractivity contribution in [3.05, 3.63) is 36.0 Å². The van der Waals surface area contributed by atoms with Gasteiger partial charge in [0.25, 0.3) is 5.95 Å². The molecule has 0 bridgehead atoms. The number of hydrazine groups is 1. The van der Waals surface area contributed by atoms with Crippen molar-refractivity contribution in [2.24, 2.45) is 11.8 Å². The molecule has 0 aliphatic heterocycles. The second-order valence-corrected chi connectivity index (χ2v) is 4.60. The molecule has 0 atom stereocenters. The molecule has 0 saturated carbocycles. The second-order valence-electron chi connectivity index (χ2n) is 4.60. The summed E-state index contributed by atoms with van der Waals surface area (Å²) in [6.45, 7) is 4.42. The molecule has 0 amide bonds. The van der Waals surface area contributed by atoms with Crippen LogP contribution in [0.15, 0.2) is 30.5 Å². The summed E-state index contributed by atoms with van der Waals surface area (Å²) in [6.07, 6.45) is 2.70. The predicted octanol–water partition coefficient (Wildman–Crippen LogP) is 2.02. The highest BCUT2D eigenvalue weighted by Gasteiger charge is 2.03. The maximum absolute atomic E-state index is 5.26. The van der Waals surface area contributed by atoms with E-state index in [1.54, 1.807) is 6.20 Å². The average molecular weight is 243 g/mol. The Morgan fingerprint density at radius 2 is 1.94 bits per heavy atom. The number of aromatic nitrogens is 3. The fourth-order valence-corrected chi connectivity index (χ4v) is 1.79. The Hall–Kier alpha value is -2.01. The van der Waals surface area contributed by atoms with E-state index in [0.717, 1.165) is 17.7 Å². The van der Waals surface area contributed by atoms with Crippen LogP contribution in [0.2, 0.25) is 0 Å². The normalized spacial score (nSPS) is 10.7. The van der Waals surface area contributed by atoms with Crippen LogP contribution in [0.25, 0.3) is 11.3 Å². The largest absolute Gasteiger partial charge is 0.291 e. The minimum atomic E-state index is 0.318. The summed E-state index contributed by atoms with van der Waals surface area (Å²) in [5.74, 6) is 6.24. The maximum atomic E-state index is 5.26. The van der Waals surface area contributed by atoms with E-state index in [-0.39, 0.29) is 0 Å². The van der Waals surface area contributed by atoms with E-state index in [4.69, 9.17) is 5.84 Å². The molecular formula is C13H17N5. The summed E-state index contributed by atoms with van der Waals surface area (Å²) in [5.41, 5.74) is 5.48. The van der Waals surface area contributed by atoms with Gasteiger partial charge in [-0.2, -0.15) is 5.10 Å². The molecule has 2 rings (SSSR count). The van der Waals surface area contributed by atoms with Gasteiger partial charge in [0, 0.05) is 5.56 Å². The first-order valence-electron chi connectivity index (χ1n) is 5.94. The number of nitrogens with zero attached hydrogens (tertiary/aromatic N) is 3. The molecule has 0 radical (unpaired) electrons. The summed E-state index contributed by atoms with van der Waals surface area (Å²) < 4.78 is 0. The third kappa shape index (κ3) is 3.01. The number of rotatable bonds is 4. The standard InChI is InChI=1S/C13H17N5/c1-9(2)7-10-3-5-11(6-4-10)12-8-15-18-13(16-12)17-14/h3-6,8-9H,7,14H2,1-2H3,(H,16,17,18). The lowest BCUT2D eigenvalue weighted by molar-refractivity contribution is 0.647. The van der Waals surface area contributed by atoms with E-state index in [1.165, 1.54) is 5.56 Å². The molecule has 5 heteroatoms. The molecular weight excluding hydrogens is 226 g/mol. The number of benzene rings is 1. The lowest BCUT2D eigenvalue weighted by atomic mass is 10.0. The molecule has 1 aromatic heterocycles. The SMILES string of the molecule is CC(C)Cc1ccc(-c2cnnc(NN)n2)cc1. The monoisotopic (exact) mass is 243 g/mol. The highest BCUT2D eigenvalue weighted by molar-refractivity contribution is 5.59. The van der Waals surface area contributed by atoms with Crippen LogP contribution in [0.1, 0.15) is 19.4 Å². The zero-order chi connectivity index (χ0) is 13.0. The molecule has 94 valence electrons. The molecule has 5 nitrogen and oxygen atoms in total. The lowest BCUT2D eigenvalue weighted by Crippen LogP contribution is -2.11. The quantitative estimate of drug-likeness (QED) is 0.634. The van der Waals surface area contributed by atoms with Gasteiger partial charge in [0.15, 0.2) is 0 Å². The molecule has 0 fully saturated rings. The Balaban J connectivity index is 2.22. The van der Waals surface area contributed by atoms with Crippen LogP contribution in [0.4, 0.5) is 5.95 Å². The van der Waals surface area contributed by atoms with Crippen LogP contribution in [0, 0.1) is 5.92 Å². The van der Waals surface area contributed by atoms with Gasteiger partial charge in [0.05, 0.1) is 11.9 Å². The Morgan fingerprint density at radius 1 is 1.22 bits per heavy atom. The summed E-state index contributed by atoms with van der Waals surface area (Å²) in [5, 5.41) is 7.59. The fraction of sp³-hybridized carbons (Fsp3) is 0.308. The molecule has 0 unspecified atom stereocenters. The first-order chi connectivity index (χ1) is 8.69. The average Bonchev–Trinajstić information content (AvgIpc) is 2.39. The van der Waals surface area contributed by atoms with Crippen molar-refractivity contribution in [1.82, 2.24) is 15.2 Å². The molecule has 3 N–H and O–H groups in total. The van der Waals surface area contributed by atoms with Crippen molar-refractivity contribution in [3.63, 3.8) is 0 Å². The third-order valence-electron chi connectivity index (χ3n) is 2.58. The van der Waals surface area contributed by atoms with E-state index in [9.17, 15) is 0 Å². The van der Waals surface area contributed by atoms with E-state index >= 15 is 0 Å². The van der Waals surface area contributed by atoms with Gasteiger partial charge in [-0.1, -0.05) is 38.1 Å². The first-order valence-corrected chi connectivity index (χ1v) is 5.94. The Morgan fingerprint density at radius 3 is 2.56 bits per heavy atom. The summed E-state index contributed by atoms with van der Waals surface area (Å²) in [7, 11) is 0. The molecule has 1 heterocycles. The van der Waals surface area contributed by atoms with Gasteiger partial charge >= 0.3 is 0 Å². The zero-order valence-corrected chi connectivity index (χ0v) is 10.6. The van der Waals surface area contributed by atoms with E-state index in [0.29, 0.717) is 11.9 Å². The molecule has 0 aliphatic rings. The van der Waals surface area contributed by atoms with E-state index < -0.39 is 0 Å². The van der Waals surface area contributed by atoms with Gasteiger partial charge in [-0.3, -0.25) is 5.43 Å². The van der Waals surface area contributed by atoms with Crippen LogP contribution >= 0.6 is 0 Å². The third-order valence-corrected chi connectivity index (χ3v) is 2.58. The highest BCUT2D eigenvalue weighted by atomic mass is 15.3. The zero-order valence-electron chi connectivity index (χ0n) is 10.6. The van der Waals surface area contributed by atoms with Gasteiger partial charge in [-0.05, 0) is 17.9 Å². The predicted molar refractivity (Wildman–Crippen MR) is 71.6 cm³/mol. The topological polar surface area (TPSA) is 76.7 Å². The number of nitrogens with two attached hydrogens (primary N) is 1. The minimum Gasteiger partial charge on any atom is -0.291 e. The maximum Gasteiger partial charge on any atom is 0.257 e. The van der Waals surface area contributed by atoms with Gasteiger partial charge in [-0.15, -0.1) is 5.10 Å². The molecule has 0 spiro atoms. The van der Waals surface area contributed by atoms with Crippen molar-refractivity contribution >= 4 is 5.95 Å². The van der Waals surface area contributed by atoms with Crippen molar-refractivity contribution in [2.75, 3.05) is 5.43 Å². The van der Waals surface area contributed by atoms with E-state index in [2.05, 4.69) is 46.6 Å². The van der Waals surface area contributed by atoms with Crippen LogP contribution < -0.4 is 11.3 Å². The summed E-state index contributed by atoms with van der Waals surface area (Å²) >= 11 is 0. The van der Waals surface area contributed by atoms with Crippen molar-refractivity contribution in [1.29, 1.82) is 0 Å². The summed E-state index contributed by atoms with van der Waals surface area (Å²) in [4.78, 5) is 4.24. The molecule has 18 heavy (non-hydrogen) atoms. The number of nitrogens with one attached hydrogen (secondary N) is 1. The van der Waals surface area contributed by atoms with Gasteiger partial charge < -0.3 is 0 Å². The van der Waals surface area contributed by atoms with Gasteiger partial charge in [0.1, 0.15) is 0 Å². The molecule has 0 aliphatic carbocycles. The van der Waals surface area contributed by atoms with Crippen LogP contribution in [0.3, 0.4) is 0 Å². The van der Waals surface area contributed by atoms with Crippen LogP contribution in [-0.4, -0.2) is 15.2 Å². The molecule has 2 aromatic rings. The number of hydrogen-bond donors (Lipinski definition) is 2. The molecule has 0 saturated heterocycles. The number of anilines is 1. The van der Waals surface area contributed by atoms with Crippen molar-refractivity contribution < 1.29 is 0 Å². The first kappa shape index (κ1) is 12.4. The van der Waals surface area contributed by atoms with Gasteiger partial charge in [0.2, 0.25) is 0 Å². The Labute approximate surface area is 106 Å². The highest BCUT2D eigenvalue weighted by Crippen LogP contribution is 2.18. The Bertz CT molecular complexity index is 507. The van der Waals surface area contributed by atoms with Crippen molar-refractivity contribution in [2.45, 2.75) is 20.3 Å².